The lowest BCUT2D eigenvalue weighted by Gasteiger charge is -2.33. The average Bonchev–Trinajstić information content (AvgIpc) is 2.76. The highest BCUT2D eigenvalue weighted by molar-refractivity contribution is 6.39. The van der Waals surface area contributed by atoms with Gasteiger partial charge in [-0.05, 0) is 36.4 Å². The van der Waals surface area contributed by atoms with Gasteiger partial charge < -0.3 is 25.3 Å². The van der Waals surface area contributed by atoms with Gasteiger partial charge in [-0.25, -0.2) is 4.39 Å². The molecule has 3 rings (SSSR count). The highest BCUT2D eigenvalue weighted by Gasteiger charge is 2.30. The molecular weight excluding hydrogens is 397 g/mol. The van der Waals surface area contributed by atoms with Gasteiger partial charge in [0, 0.05) is 31.0 Å². The Balaban J connectivity index is 1.66. The van der Waals surface area contributed by atoms with Gasteiger partial charge in [-0.3, -0.25) is 9.59 Å². The van der Waals surface area contributed by atoms with Crippen molar-refractivity contribution in [2.24, 2.45) is 0 Å². The van der Waals surface area contributed by atoms with Crippen LogP contribution in [0.2, 0.25) is 0 Å². The van der Waals surface area contributed by atoms with Crippen LogP contribution in [0.4, 0.5) is 15.8 Å². The Kier molecular flexibility index (Phi) is 7.59. The number of piperazine rings is 1. The molecule has 166 valence electrons. The van der Waals surface area contributed by atoms with E-state index in [4.69, 9.17) is 0 Å². The molecule has 0 aromatic heterocycles. The third-order valence-corrected chi connectivity index (χ3v) is 5.83. The van der Waals surface area contributed by atoms with Crippen LogP contribution in [0.15, 0.2) is 48.5 Å². The van der Waals surface area contributed by atoms with E-state index in [0.717, 1.165) is 37.4 Å². The largest absolute Gasteiger partial charge is 0.378 e. The summed E-state index contributed by atoms with van der Waals surface area (Å²) in [5.41, 5.74) is 2.63. The summed E-state index contributed by atoms with van der Waals surface area (Å²) in [6.07, 6.45) is 0. The zero-order valence-corrected chi connectivity index (χ0v) is 18.4. The molecule has 1 aliphatic rings. The lowest BCUT2D eigenvalue weighted by Crippen LogP contribution is -3.27. The van der Waals surface area contributed by atoms with Gasteiger partial charge in [0.1, 0.15) is 38.0 Å². The highest BCUT2D eigenvalue weighted by atomic mass is 19.1. The molecule has 1 aliphatic heterocycles. The van der Waals surface area contributed by atoms with E-state index >= 15 is 0 Å². The van der Waals surface area contributed by atoms with Gasteiger partial charge in [-0.15, -0.1) is 0 Å². The number of quaternary nitrogens is 2. The first kappa shape index (κ1) is 22.7. The lowest BCUT2D eigenvalue weighted by molar-refractivity contribution is -1.02. The molecule has 0 unspecified atom stereocenters. The summed E-state index contributed by atoms with van der Waals surface area (Å²) in [6.45, 7) is 4.51. The molecule has 2 aromatic rings. The van der Waals surface area contributed by atoms with Crippen LogP contribution in [-0.2, 0) is 9.59 Å². The molecule has 1 fully saturated rings. The number of hydrogen-bond donors (Lipinski definition) is 4. The molecule has 2 amide bonds. The molecular formula is C23H32FN5O2+2. The van der Waals surface area contributed by atoms with Gasteiger partial charge in [-0.2, -0.15) is 0 Å². The zero-order valence-electron chi connectivity index (χ0n) is 18.4. The second-order valence-corrected chi connectivity index (χ2v) is 8.32. The van der Waals surface area contributed by atoms with Crippen LogP contribution in [0.25, 0.3) is 0 Å². The first-order valence-electron chi connectivity index (χ1n) is 10.6. The number of likely N-dealkylation sites (N-methyl/N-ethyl adjacent to an activating group) is 1. The van der Waals surface area contributed by atoms with Gasteiger partial charge in [0.2, 0.25) is 0 Å². The van der Waals surface area contributed by atoms with Crippen LogP contribution < -0.4 is 25.3 Å². The number of benzene rings is 2. The van der Waals surface area contributed by atoms with E-state index < -0.39 is 17.6 Å². The molecule has 2 aromatic carbocycles. The first-order chi connectivity index (χ1) is 14.8. The van der Waals surface area contributed by atoms with Crippen molar-refractivity contribution >= 4 is 23.2 Å². The van der Waals surface area contributed by atoms with E-state index in [-0.39, 0.29) is 6.04 Å². The number of hydrogen-bond acceptors (Lipinski definition) is 3. The molecule has 1 atom stereocenters. The van der Waals surface area contributed by atoms with E-state index in [1.165, 1.54) is 34.1 Å². The van der Waals surface area contributed by atoms with Crippen molar-refractivity contribution in [3.63, 3.8) is 0 Å². The summed E-state index contributed by atoms with van der Waals surface area (Å²) in [4.78, 5) is 29.6. The predicted octanol–water partition coefficient (Wildman–Crippen LogP) is -0.899. The molecule has 4 N–H and O–H groups in total. The van der Waals surface area contributed by atoms with Crippen molar-refractivity contribution in [1.29, 1.82) is 0 Å². The molecule has 0 bridgehead atoms. The molecule has 0 aliphatic carbocycles. The number of anilines is 2. The number of nitrogens with zero attached hydrogens (tertiary/aromatic N) is 1. The van der Waals surface area contributed by atoms with Gasteiger partial charge in [-0.1, -0.05) is 12.1 Å². The third kappa shape index (κ3) is 6.26. The Hall–Kier alpha value is -2.97. The zero-order chi connectivity index (χ0) is 22.4. The molecule has 1 heterocycles. The van der Waals surface area contributed by atoms with E-state index in [0.29, 0.717) is 12.2 Å². The van der Waals surface area contributed by atoms with Crippen molar-refractivity contribution < 1.29 is 23.8 Å². The van der Waals surface area contributed by atoms with Crippen LogP contribution in [-0.4, -0.2) is 65.7 Å². The minimum absolute atomic E-state index is 0.0619. The maximum atomic E-state index is 13.0. The number of carbonyl (C=O) groups excluding carboxylic acids is 2. The monoisotopic (exact) mass is 429 g/mol. The second-order valence-electron chi connectivity index (χ2n) is 8.32. The Morgan fingerprint density at radius 3 is 2.16 bits per heavy atom. The van der Waals surface area contributed by atoms with Crippen LogP contribution >= 0.6 is 0 Å². The van der Waals surface area contributed by atoms with Crippen LogP contribution in [0.5, 0.6) is 0 Å². The summed E-state index contributed by atoms with van der Waals surface area (Å²) in [5.74, 6) is -1.85. The number of halogens is 1. The second kappa shape index (κ2) is 10.4. The van der Waals surface area contributed by atoms with Crippen molar-refractivity contribution in [2.75, 3.05) is 64.1 Å². The Morgan fingerprint density at radius 1 is 0.968 bits per heavy atom. The van der Waals surface area contributed by atoms with Crippen LogP contribution in [0, 0.1) is 5.82 Å². The van der Waals surface area contributed by atoms with Gasteiger partial charge in [0.25, 0.3) is 0 Å². The van der Waals surface area contributed by atoms with E-state index in [1.807, 2.05) is 19.0 Å². The minimum atomic E-state index is -0.758. The summed E-state index contributed by atoms with van der Waals surface area (Å²) >= 11 is 0. The quantitative estimate of drug-likeness (QED) is 0.450. The third-order valence-electron chi connectivity index (χ3n) is 5.83. The average molecular weight is 430 g/mol. The van der Waals surface area contributed by atoms with E-state index in [9.17, 15) is 14.0 Å². The number of amides is 2. The van der Waals surface area contributed by atoms with Crippen molar-refractivity contribution in [2.45, 2.75) is 6.04 Å². The smallest absolute Gasteiger partial charge is 0.313 e. The SMILES string of the molecule is CN(C)c1ccc([C@H](CNC(=O)C(=O)Nc2ccc(F)cc2)[NH+]2CC[NH+](C)CC2)cc1. The molecule has 1 saturated heterocycles. The fourth-order valence-corrected chi connectivity index (χ4v) is 3.85. The first-order valence-corrected chi connectivity index (χ1v) is 10.6. The summed E-state index contributed by atoms with van der Waals surface area (Å²) in [5, 5.41) is 5.30. The van der Waals surface area contributed by atoms with Crippen LogP contribution in [0.1, 0.15) is 11.6 Å². The Labute approximate surface area is 182 Å². The summed E-state index contributed by atoms with van der Waals surface area (Å²) in [7, 11) is 6.20. The maximum Gasteiger partial charge on any atom is 0.313 e. The van der Waals surface area contributed by atoms with Crippen LogP contribution in [0.3, 0.4) is 0 Å². The summed E-state index contributed by atoms with van der Waals surface area (Å²) < 4.78 is 13.0. The number of carbonyl (C=O) groups is 2. The topological polar surface area (TPSA) is 70.3 Å². The standard InChI is InChI=1S/C23H30FN5O2/c1-27(2)20-10-4-17(5-11-20)21(29-14-12-28(3)13-15-29)16-25-22(30)23(31)26-19-8-6-18(24)7-9-19/h4-11,21H,12-16H2,1-3H3,(H,25,30)(H,26,31)/p+2/t21-/m0/s1. The normalized spacial score (nSPS) is 19.4. The minimum Gasteiger partial charge on any atom is -0.378 e. The number of rotatable bonds is 6. The molecule has 8 heteroatoms. The Morgan fingerprint density at radius 2 is 1.58 bits per heavy atom. The molecule has 7 nitrogen and oxygen atoms in total. The predicted molar refractivity (Wildman–Crippen MR) is 119 cm³/mol. The van der Waals surface area contributed by atoms with Gasteiger partial charge >= 0.3 is 11.8 Å². The Bertz CT molecular complexity index is 878. The highest BCUT2D eigenvalue weighted by Crippen LogP contribution is 2.16. The fourth-order valence-electron chi connectivity index (χ4n) is 3.85. The van der Waals surface area contributed by atoms with Crippen molar-refractivity contribution in [1.82, 2.24) is 5.32 Å². The van der Waals surface area contributed by atoms with Crippen molar-refractivity contribution in [3.05, 3.63) is 59.9 Å². The van der Waals surface area contributed by atoms with E-state index in [1.54, 1.807) is 0 Å². The molecule has 0 saturated carbocycles. The molecule has 0 radical (unpaired) electrons. The van der Waals surface area contributed by atoms with Gasteiger partial charge in [0.15, 0.2) is 0 Å². The number of nitrogens with one attached hydrogen (secondary N) is 4. The summed E-state index contributed by atoms with van der Waals surface area (Å²) in [6, 6.07) is 13.7. The van der Waals surface area contributed by atoms with Crippen molar-refractivity contribution in [3.8, 4) is 0 Å². The van der Waals surface area contributed by atoms with Gasteiger partial charge in [0.05, 0.1) is 13.6 Å². The van der Waals surface area contributed by atoms with E-state index in [2.05, 4.69) is 41.9 Å². The lowest BCUT2D eigenvalue weighted by atomic mass is 10.0. The maximum absolute atomic E-state index is 13.0. The fraction of sp³-hybridized carbons (Fsp3) is 0.391. The molecule has 0 spiro atoms. The molecule has 31 heavy (non-hydrogen) atoms.